The molecule has 0 radical (unpaired) electrons. The molecule has 1 N–H and O–H groups in total. The minimum Gasteiger partial charge on any atom is -0.490 e. The molecule has 4 rings (SSSR count). The number of ether oxygens (including phenoxy) is 2. The van der Waals surface area contributed by atoms with Gasteiger partial charge in [-0.15, -0.1) is 0 Å². The zero-order valence-electron chi connectivity index (χ0n) is 19.5. The second-order valence-corrected chi connectivity index (χ2v) is 10.5. The number of hydrogen-bond donors (Lipinski definition) is 1. The first-order valence-electron chi connectivity index (χ1n) is 11.9. The first-order valence-corrected chi connectivity index (χ1v) is 11.9. The first kappa shape index (κ1) is 22.7. The summed E-state index contributed by atoms with van der Waals surface area (Å²) in [6, 6.07) is 8.89. The lowest BCUT2D eigenvalue weighted by Crippen LogP contribution is -2.56. The van der Waals surface area contributed by atoms with Gasteiger partial charge < -0.3 is 24.4 Å². The van der Waals surface area contributed by atoms with Gasteiger partial charge in [-0.25, -0.2) is 4.79 Å². The Kier molecular flexibility index (Phi) is 6.54. The summed E-state index contributed by atoms with van der Waals surface area (Å²) in [5.41, 5.74) is 0.671. The van der Waals surface area contributed by atoms with Crippen molar-refractivity contribution in [3.05, 3.63) is 24.3 Å². The smallest absolute Gasteiger partial charge is 0.410 e. The molecule has 2 unspecified atom stereocenters. The van der Waals surface area contributed by atoms with Gasteiger partial charge >= 0.3 is 12.1 Å². The van der Waals surface area contributed by atoms with Crippen LogP contribution in [-0.4, -0.2) is 58.9 Å². The van der Waals surface area contributed by atoms with Crippen LogP contribution in [0.1, 0.15) is 65.7 Å². The lowest BCUT2D eigenvalue weighted by Gasteiger charge is -2.42. The van der Waals surface area contributed by atoms with Crippen molar-refractivity contribution >= 4 is 17.7 Å². The fourth-order valence-electron chi connectivity index (χ4n) is 5.41. The maximum Gasteiger partial charge on any atom is 0.410 e. The van der Waals surface area contributed by atoms with E-state index < -0.39 is 11.6 Å². The third kappa shape index (κ3) is 5.48. The van der Waals surface area contributed by atoms with Gasteiger partial charge in [0.25, 0.3) is 0 Å². The fourth-order valence-corrected chi connectivity index (χ4v) is 5.41. The van der Waals surface area contributed by atoms with Gasteiger partial charge in [0.1, 0.15) is 11.4 Å². The molecule has 1 aromatic carbocycles. The summed E-state index contributed by atoms with van der Waals surface area (Å²) in [4.78, 5) is 27.8. The van der Waals surface area contributed by atoms with E-state index in [2.05, 4.69) is 17.0 Å². The summed E-state index contributed by atoms with van der Waals surface area (Å²) >= 11 is 0. The Morgan fingerprint density at radius 1 is 1.03 bits per heavy atom. The molecular weight excluding hydrogens is 408 g/mol. The van der Waals surface area contributed by atoms with Crippen LogP contribution in [0.5, 0.6) is 5.75 Å². The highest BCUT2D eigenvalue weighted by molar-refractivity contribution is 5.69. The van der Waals surface area contributed by atoms with Crippen molar-refractivity contribution in [3.63, 3.8) is 0 Å². The van der Waals surface area contributed by atoms with E-state index in [1.54, 1.807) is 0 Å². The van der Waals surface area contributed by atoms with Gasteiger partial charge in [0, 0.05) is 43.3 Å². The van der Waals surface area contributed by atoms with Crippen molar-refractivity contribution in [1.82, 2.24) is 4.90 Å². The van der Waals surface area contributed by atoms with Crippen LogP contribution < -0.4 is 9.64 Å². The lowest BCUT2D eigenvalue weighted by atomic mass is 9.85. The summed E-state index contributed by atoms with van der Waals surface area (Å²) < 4.78 is 11.9. The SMILES string of the molecule is CC(C)(C)OC(=O)N1CC2CCC(C1)N2c1cccc(OC2CCC(CC(=O)O)CC2)c1. The Labute approximate surface area is 190 Å². The van der Waals surface area contributed by atoms with Crippen LogP contribution in [0.2, 0.25) is 0 Å². The molecule has 1 saturated carbocycles. The fraction of sp³-hybridized carbons (Fsp3) is 0.680. The van der Waals surface area contributed by atoms with Crippen molar-refractivity contribution in [2.75, 3.05) is 18.0 Å². The molecule has 2 heterocycles. The van der Waals surface area contributed by atoms with E-state index in [4.69, 9.17) is 14.6 Å². The number of anilines is 1. The Morgan fingerprint density at radius 3 is 2.28 bits per heavy atom. The average molecular weight is 445 g/mol. The number of piperazine rings is 1. The number of carboxylic acid groups (broad SMARTS) is 1. The van der Waals surface area contributed by atoms with Crippen LogP contribution in [0.15, 0.2) is 24.3 Å². The predicted octanol–water partition coefficient (Wildman–Crippen LogP) is 4.69. The standard InChI is InChI=1S/C25H36N2O5/c1-25(2,3)32-24(30)26-15-19-9-10-20(16-26)27(19)18-5-4-6-22(14-18)31-21-11-7-17(8-12-21)13-23(28)29/h4-6,14,17,19-21H,7-13,15-16H2,1-3H3,(H,28,29). The number of carbonyl (C=O) groups is 2. The molecule has 2 bridgehead atoms. The molecule has 1 aliphatic carbocycles. The van der Waals surface area contributed by atoms with E-state index in [-0.39, 0.29) is 24.5 Å². The van der Waals surface area contributed by atoms with Crippen molar-refractivity contribution in [2.24, 2.45) is 5.92 Å². The van der Waals surface area contributed by atoms with E-state index in [0.717, 1.165) is 50.0 Å². The number of rotatable bonds is 5. The minimum absolute atomic E-state index is 0.149. The van der Waals surface area contributed by atoms with Crippen LogP contribution >= 0.6 is 0 Å². The van der Waals surface area contributed by atoms with Crippen LogP contribution in [0.4, 0.5) is 10.5 Å². The van der Waals surface area contributed by atoms with Gasteiger partial charge in [0.05, 0.1) is 6.10 Å². The number of carboxylic acids is 1. The van der Waals surface area contributed by atoms with E-state index in [1.807, 2.05) is 37.8 Å². The highest BCUT2D eigenvalue weighted by Gasteiger charge is 2.42. The van der Waals surface area contributed by atoms with Crippen molar-refractivity contribution < 1.29 is 24.2 Å². The molecule has 32 heavy (non-hydrogen) atoms. The van der Waals surface area contributed by atoms with Gasteiger partial charge in [-0.05, 0) is 77.3 Å². The molecule has 0 spiro atoms. The summed E-state index contributed by atoms with van der Waals surface area (Å²) in [5.74, 6) is 0.442. The third-order valence-electron chi connectivity index (χ3n) is 6.81. The van der Waals surface area contributed by atoms with Crippen LogP contribution in [0, 0.1) is 5.92 Å². The molecule has 7 nitrogen and oxygen atoms in total. The maximum atomic E-state index is 12.6. The maximum absolute atomic E-state index is 12.6. The van der Waals surface area contributed by atoms with Crippen molar-refractivity contribution in [2.45, 2.75) is 89.5 Å². The first-order chi connectivity index (χ1) is 15.2. The van der Waals surface area contributed by atoms with Gasteiger partial charge in [0.2, 0.25) is 0 Å². The third-order valence-corrected chi connectivity index (χ3v) is 6.81. The number of hydrogen-bond acceptors (Lipinski definition) is 5. The molecule has 3 fully saturated rings. The molecule has 3 aliphatic rings. The van der Waals surface area contributed by atoms with Gasteiger partial charge in [-0.2, -0.15) is 0 Å². The molecule has 176 valence electrons. The monoisotopic (exact) mass is 444 g/mol. The highest BCUT2D eigenvalue weighted by Crippen LogP contribution is 2.37. The number of amides is 1. The van der Waals surface area contributed by atoms with Gasteiger partial charge in [-0.3, -0.25) is 4.79 Å². The Bertz CT molecular complexity index is 814. The highest BCUT2D eigenvalue weighted by atomic mass is 16.6. The largest absolute Gasteiger partial charge is 0.490 e. The molecule has 2 aliphatic heterocycles. The second kappa shape index (κ2) is 9.20. The van der Waals surface area contributed by atoms with E-state index in [9.17, 15) is 9.59 Å². The zero-order chi connectivity index (χ0) is 22.9. The lowest BCUT2D eigenvalue weighted by molar-refractivity contribution is -0.138. The van der Waals surface area contributed by atoms with E-state index in [1.165, 1.54) is 0 Å². The number of carbonyl (C=O) groups excluding carboxylic acids is 1. The normalized spacial score (nSPS) is 27.8. The average Bonchev–Trinajstić information content (AvgIpc) is 2.97. The number of benzene rings is 1. The molecular formula is C25H36N2O5. The molecule has 7 heteroatoms. The van der Waals surface area contributed by atoms with Crippen LogP contribution in [-0.2, 0) is 9.53 Å². The van der Waals surface area contributed by atoms with Gasteiger partial charge in [-0.1, -0.05) is 6.07 Å². The van der Waals surface area contributed by atoms with Crippen LogP contribution in [0.3, 0.4) is 0 Å². The summed E-state index contributed by atoms with van der Waals surface area (Å²) in [7, 11) is 0. The van der Waals surface area contributed by atoms with Gasteiger partial charge in [0.15, 0.2) is 0 Å². The Hall–Kier alpha value is -2.44. The summed E-state index contributed by atoms with van der Waals surface area (Å²) in [6.45, 7) is 7.08. The van der Waals surface area contributed by atoms with Crippen molar-refractivity contribution in [1.29, 1.82) is 0 Å². The minimum atomic E-state index is -0.705. The predicted molar refractivity (Wildman–Crippen MR) is 122 cm³/mol. The second-order valence-electron chi connectivity index (χ2n) is 10.5. The van der Waals surface area contributed by atoms with Crippen molar-refractivity contribution in [3.8, 4) is 5.75 Å². The van der Waals surface area contributed by atoms with E-state index >= 15 is 0 Å². The van der Waals surface area contributed by atoms with E-state index in [0.29, 0.717) is 25.2 Å². The molecule has 1 amide bonds. The topological polar surface area (TPSA) is 79.3 Å². The van der Waals surface area contributed by atoms with Crippen LogP contribution in [0.25, 0.3) is 0 Å². The molecule has 0 aromatic heterocycles. The molecule has 1 aromatic rings. The Balaban J connectivity index is 1.36. The zero-order valence-corrected chi connectivity index (χ0v) is 19.5. The number of nitrogens with zero attached hydrogens (tertiary/aromatic N) is 2. The summed E-state index contributed by atoms with van der Waals surface area (Å²) in [5, 5.41) is 9.00. The Morgan fingerprint density at radius 2 is 1.69 bits per heavy atom. The number of aliphatic carboxylic acids is 1. The molecule has 2 saturated heterocycles. The number of fused-ring (bicyclic) bond motifs is 2. The molecule has 2 atom stereocenters. The summed E-state index contributed by atoms with van der Waals surface area (Å²) in [6.07, 6.45) is 5.97. The number of likely N-dealkylation sites (tertiary alicyclic amines) is 1. The quantitative estimate of drug-likeness (QED) is 0.710.